The third kappa shape index (κ3) is 4.94. The van der Waals surface area contributed by atoms with Gasteiger partial charge in [-0.25, -0.2) is 9.78 Å². The van der Waals surface area contributed by atoms with Gasteiger partial charge in [0.2, 0.25) is 5.95 Å². The van der Waals surface area contributed by atoms with Gasteiger partial charge in [-0.3, -0.25) is 4.79 Å². The van der Waals surface area contributed by atoms with Crippen molar-refractivity contribution in [3.8, 4) is 0 Å². The SMILES string of the molecule is CC(OC(C)(C)C)C(NC(=O)c1cc2c(N3CCCC3)nc(N)nc2s1)C(=O)O. The maximum absolute atomic E-state index is 12.8. The molecule has 1 aliphatic rings. The molecule has 0 aliphatic carbocycles. The fourth-order valence-electron chi connectivity index (χ4n) is 3.42. The second kappa shape index (κ2) is 8.11. The summed E-state index contributed by atoms with van der Waals surface area (Å²) in [4.78, 5) is 36.2. The van der Waals surface area contributed by atoms with Gasteiger partial charge < -0.3 is 25.8 Å². The minimum Gasteiger partial charge on any atom is -0.480 e. The van der Waals surface area contributed by atoms with E-state index >= 15 is 0 Å². The third-order valence-corrected chi connectivity index (χ3v) is 5.61. The number of aliphatic carboxylic acids is 1. The molecule has 29 heavy (non-hydrogen) atoms. The molecule has 2 aromatic rings. The molecule has 0 spiro atoms. The molecule has 1 aliphatic heterocycles. The number of nitrogens with zero attached hydrogens (tertiary/aromatic N) is 3. The normalized spacial score (nSPS) is 16.8. The molecule has 2 aromatic heterocycles. The number of nitrogen functional groups attached to an aromatic ring is 1. The Morgan fingerprint density at radius 3 is 2.55 bits per heavy atom. The first-order valence-corrected chi connectivity index (χ1v) is 10.4. The van der Waals surface area contributed by atoms with Crippen LogP contribution in [0, 0.1) is 0 Å². The van der Waals surface area contributed by atoms with Crippen molar-refractivity contribution in [2.24, 2.45) is 0 Å². The highest BCUT2D eigenvalue weighted by atomic mass is 32.1. The molecular formula is C19H27N5O4S. The zero-order valence-corrected chi connectivity index (χ0v) is 17.9. The smallest absolute Gasteiger partial charge is 0.328 e. The van der Waals surface area contributed by atoms with Crippen LogP contribution in [0.25, 0.3) is 10.2 Å². The summed E-state index contributed by atoms with van der Waals surface area (Å²) in [7, 11) is 0. The summed E-state index contributed by atoms with van der Waals surface area (Å²) in [6, 6.07) is 0.525. The third-order valence-electron chi connectivity index (χ3n) is 4.58. The molecule has 0 bridgehead atoms. The monoisotopic (exact) mass is 421 g/mol. The molecule has 1 amide bonds. The lowest BCUT2D eigenvalue weighted by molar-refractivity contribution is -0.146. The van der Waals surface area contributed by atoms with Gasteiger partial charge in [-0.2, -0.15) is 4.98 Å². The van der Waals surface area contributed by atoms with Gasteiger partial charge in [0.15, 0.2) is 6.04 Å². The van der Waals surface area contributed by atoms with Gasteiger partial charge in [-0.05, 0) is 46.6 Å². The number of carboxylic acid groups (broad SMARTS) is 1. The van der Waals surface area contributed by atoms with E-state index in [9.17, 15) is 14.7 Å². The Hall–Kier alpha value is -2.46. The zero-order valence-electron chi connectivity index (χ0n) is 17.1. The predicted molar refractivity (Wildman–Crippen MR) is 112 cm³/mol. The number of carboxylic acids is 1. The van der Waals surface area contributed by atoms with Crippen molar-refractivity contribution < 1.29 is 19.4 Å². The number of anilines is 2. The molecule has 0 aromatic carbocycles. The fraction of sp³-hybridized carbons (Fsp3) is 0.579. The van der Waals surface area contributed by atoms with E-state index in [1.165, 1.54) is 11.3 Å². The molecule has 0 saturated carbocycles. The van der Waals surface area contributed by atoms with Crippen molar-refractivity contribution in [2.75, 3.05) is 23.7 Å². The fourth-order valence-corrected chi connectivity index (χ4v) is 4.36. The molecule has 2 atom stereocenters. The van der Waals surface area contributed by atoms with E-state index in [-0.39, 0.29) is 5.95 Å². The second-order valence-electron chi connectivity index (χ2n) is 8.15. The molecule has 10 heteroatoms. The first-order valence-electron chi connectivity index (χ1n) is 9.58. The molecular weight excluding hydrogens is 394 g/mol. The predicted octanol–water partition coefficient (Wildman–Crippen LogP) is 2.26. The van der Waals surface area contributed by atoms with E-state index in [0.29, 0.717) is 9.71 Å². The van der Waals surface area contributed by atoms with Crippen LogP contribution in [0.5, 0.6) is 0 Å². The highest BCUT2D eigenvalue weighted by Gasteiger charge is 2.31. The quantitative estimate of drug-likeness (QED) is 0.647. The maximum atomic E-state index is 12.8. The van der Waals surface area contributed by atoms with E-state index in [1.807, 2.05) is 20.8 Å². The Bertz CT molecular complexity index is 917. The van der Waals surface area contributed by atoms with Crippen LogP contribution in [-0.4, -0.2) is 57.8 Å². The van der Waals surface area contributed by atoms with Crippen LogP contribution in [-0.2, 0) is 9.53 Å². The number of hydrogen-bond donors (Lipinski definition) is 3. The van der Waals surface area contributed by atoms with Crippen LogP contribution in [0.4, 0.5) is 11.8 Å². The first kappa shape index (κ1) is 21.3. The van der Waals surface area contributed by atoms with Gasteiger partial charge in [0.1, 0.15) is 10.6 Å². The minimum absolute atomic E-state index is 0.156. The van der Waals surface area contributed by atoms with E-state index in [0.717, 1.165) is 37.1 Å². The van der Waals surface area contributed by atoms with Gasteiger partial charge >= 0.3 is 5.97 Å². The van der Waals surface area contributed by atoms with Crippen molar-refractivity contribution >= 4 is 45.2 Å². The summed E-state index contributed by atoms with van der Waals surface area (Å²) in [5.74, 6) is -0.767. The molecule has 0 radical (unpaired) electrons. The molecule has 1 saturated heterocycles. The Morgan fingerprint density at radius 1 is 1.31 bits per heavy atom. The Labute approximate surface area is 173 Å². The molecule has 2 unspecified atom stereocenters. The largest absolute Gasteiger partial charge is 0.480 e. The van der Waals surface area contributed by atoms with Crippen LogP contribution in [0.3, 0.4) is 0 Å². The average Bonchev–Trinajstić information content (AvgIpc) is 3.26. The number of fused-ring (bicyclic) bond motifs is 1. The maximum Gasteiger partial charge on any atom is 0.328 e. The van der Waals surface area contributed by atoms with E-state index in [4.69, 9.17) is 10.5 Å². The van der Waals surface area contributed by atoms with Gasteiger partial charge in [-0.15, -0.1) is 11.3 Å². The lowest BCUT2D eigenvalue weighted by Gasteiger charge is -2.29. The summed E-state index contributed by atoms with van der Waals surface area (Å²) < 4.78 is 5.72. The Kier molecular flexibility index (Phi) is 5.95. The van der Waals surface area contributed by atoms with Gasteiger partial charge in [0.25, 0.3) is 5.91 Å². The number of aromatic nitrogens is 2. The van der Waals surface area contributed by atoms with Crippen molar-refractivity contribution in [3.05, 3.63) is 10.9 Å². The van der Waals surface area contributed by atoms with Crippen LogP contribution in [0.2, 0.25) is 0 Å². The van der Waals surface area contributed by atoms with E-state index in [2.05, 4.69) is 20.2 Å². The molecule has 158 valence electrons. The summed E-state index contributed by atoms with van der Waals surface area (Å²) in [6.45, 7) is 8.89. The molecule has 3 rings (SSSR count). The number of rotatable bonds is 6. The average molecular weight is 422 g/mol. The highest BCUT2D eigenvalue weighted by molar-refractivity contribution is 7.20. The van der Waals surface area contributed by atoms with Gasteiger partial charge in [0.05, 0.1) is 22.0 Å². The number of ether oxygens (including phenoxy) is 1. The van der Waals surface area contributed by atoms with Crippen LogP contribution in [0.15, 0.2) is 6.07 Å². The van der Waals surface area contributed by atoms with Crippen molar-refractivity contribution in [1.29, 1.82) is 0 Å². The Balaban J connectivity index is 1.86. The molecule has 9 nitrogen and oxygen atoms in total. The van der Waals surface area contributed by atoms with Crippen molar-refractivity contribution in [1.82, 2.24) is 15.3 Å². The summed E-state index contributed by atoms with van der Waals surface area (Å²) in [6.07, 6.45) is 1.45. The van der Waals surface area contributed by atoms with Crippen LogP contribution in [0.1, 0.15) is 50.2 Å². The Morgan fingerprint density at radius 2 is 1.97 bits per heavy atom. The molecule has 3 heterocycles. The zero-order chi connectivity index (χ0) is 21.3. The van der Waals surface area contributed by atoms with E-state index < -0.39 is 29.6 Å². The number of carbonyl (C=O) groups excluding carboxylic acids is 1. The summed E-state index contributed by atoms with van der Waals surface area (Å²) in [5.41, 5.74) is 5.33. The number of nitrogens with two attached hydrogens (primary N) is 1. The van der Waals surface area contributed by atoms with Crippen molar-refractivity contribution in [3.63, 3.8) is 0 Å². The number of carbonyl (C=O) groups is 2. The number of nitrogens with one attached hydrogen (secondary N) is 1. The van der Waals surface area contributed by atoms with Crippen LogP contribution >= 0.6 is 11.3 Å². The van der Waals surface area contributed by atoms with E-state index in [1.54, 1.807) is 13.0 Å². The number of thiophene rings is 1. The molecule has 4 N–H and O–H groups in total. The number of amides is 1. The van der Waals surface area contributed by atoms with Crippen molar-refractivity contribution in [2.45, 2.75) is 58.3 Å². The lowest BCUT2D eigenvalue weighted by Crippen LogP contribution is -2.50. The molecule has 1 fully saturated rings. The van der Waals surface area contributed by atoms with Gasteiger partial charge in [-0.1, -0.05) is 0 Å². The number of hydrogen-bond acceptors (Lipinski definition) is 8. The van der Waals surface area contributed by atoms with Gasteiger partial charge in [0, 0.05) is 13.1 Å². The standard InChI is InChI=1S/C19H27N5O4S/c1-10(28-19(2,3)4)13(17(26)27)21-15(25)12-9-11-14(24-7-5-6-8-24)22-18(20)23-16(11)29-12/h9-10,13H,5-8H2,1-4H3,(H,21,25)(H,26,27)(H2,20,22,23). The lowest BCUT2D eigenvalue weighted by atomic mass is 10.1. The second-order valence-corrected chi connectivity index (χ2v) is 9.18. The minimum atomic E-state index is -1.18. The highest BCUT2D eigenvalue weighted by Crippen LogP contribution is 2.33. The summed E-state index contributed by atoms with van der Waals surface area (Å²) >= 11 is 1.17. The van der Waals surface area contributed by atoms with Crippen LogP contribution < -0.4 is 16.0 Å². The first-order chi connectivity index (χ1) is 13.5. The summed E-state index contributed by atoms with van der Waals surface area (Å²) in [5, 5.41) is 12.9. The topological polar surface area (TPSA) is 131 Å².